The lowest BCUT2D eigenvalue weighted by atomic mass is 10.1. The molecule has 1 aromatic rings. The number of nitrogens with zero attached hydrogens (tertiary/aromatic N) is 2. The van der Waals surface area contributed by atoms with Gasteiger partial charge in [0.2, 0.25) is 0 Å². The molecule has 2 nitrogen and oxygen atoms in total. The molecule has 0 aliphatic heterocycles. The average molecular weight is 216 g/mol. The zero-order valence-electron chi connectivity index (χ0n) is 10.2. The maximum Gasteiger partial charge on any atom is 0.0868 e. The molecule has 0 heterocycles. The Morgan fingerprint density at radius 3 is 2.50 bits per heavy atom. The third-order valence-corrected chi connectivity index (χ3v) is 2.76. The van der Waals surface area contributed by atoms with E-state index in [1.54, 1.807) is 0 Å². The monoisotopic (exact) mass is 216 g/mol. The van der Waals surface area contributed by atoms with Crippen molar-refractivity contribution in [2.75, 3.05) is 13.1 Å². The van der Waals surface area contributed by atoms with E-state index in [-0.39, 0.29) is 0 Å². The first-order valence-corrected chi connectivity index (χ1v) is 5.89. The molecule has 1 rings (SSSR count). The Hall–Kier alpha value is -1.33. The molecular weight excluding hydrogens is 196 g/mol. The Labute approximate surface area is 98.5 Å². The Kier molecular flexibility index (Phi) is 5.60. The summed E-state index contributed by atoms with van der Waals surface area (Å²) in [6.07, 6.45) is 2.21. The number of hydrogen-bond acceptors (Lipinski definition) is 2. The van der Waals surface area contributed by atoms with Crippen LogP contribution < -0.4 is 0 Å². The van der Waals surface area contributed by atoms with Crippen molar-refractivity contribution in [2.24, 2.45) is 0 Å². The molecule has 0 unspecified atom stereocenters. The second kappa shape index (κ2) is 7.03. The van der Waals surface area contributed by atoms with Crippen molar-refractivity contribution in [1.82, 2.24) is 4.90 Å². The average Bonchev–Trinajstić information content (AvgIpc) is 2.29. The van der Waals surface area contributed by atoms with E-state index in [9.17, 15) is 0 Å². The molecule has 1 aromatic carbocycles. The Morgan fingerprint density at radius 1 is 1.25 bits per heavy atom. The first-order chi connectivity index (χ1) is 7.74. The van der Waals surface area contributed by atoms with Crippen molar-refractivity contribution in [3.8, 4) is 6.07 Å². The van der Waals surface area contributed by atoms with Gasteiger partial charge in [0.15, 0.2) is 0 Å². The standard InChI is InChI=1S/C14H20N2/c1-13(2)16(12-10-15)11-6-9-14-7-4-3-5-8-14/h3-5,7-8,13H,6,9,11-12H2,1-2H3. The molecule has 0 spiro atoms. The van der Waals surface area contributed by atoms with Crippen LogP contribution in [-0.4, -0.2) is 24.0 Å². The molecule has 86 valence electrons. The number of rotatable bonds is 6. The number of nitriles is 1. The molecule has 0 bridgehead atoms. The van der Waals surface area contributed by atoms with E-state index >= 15 is 0 Å². The fraction of sp³-hybridized carbons (Fsp3) is 0.500. The van der Waals surface area contributed by atoms with Crippen LogP contribution >= 0.6 is 0 Å². The van der Waals surface area contributed by atoms with E-state index in [4.69, 9.17) is 5.26 Å². The quantitative estimate of drug-likeness (QED) is 0.684. The van der Waals surface area contributed by atoms with Crippen molar-refractivity contribution in [3.05, 3.63) is 35.9 Å². The van der Waals surface area contributed by atoms with Crippen LogP contribution in [0.25, 0.3) is 0 Å². The van der Waals surface area contributed by atoms with Crippen molar-refractivity contribution < 1.29 is 0 Å². The van der Waals surface area contributed by atoms with Gasteiger partial charge in [0.1, 0.15) is 0 Å². The molecule has 16 heavy (non-hydrogen) atoms. The van der Waals surface area contributed by atoms with Crippen LogP contribution in [-0.2, 0) is 6.42 Å². The number of hydrogen-bond donors (Lipinski definition) is 0. The zero-order valence-corrected chi connectivity index (χ0v) is 10.2. The third kappa shape index (κ3) is 4.46. The molecule has 0 atom stereocenters. The predicted molar refractivity (Wildman–Crippen MR) is 67.1 cm³/mol. The topological polar surface area (TPSA) is 27.0 Å². The van der Waals surface area contributed by atoms with Gasteiger partial charge in [-0.2, -0.15) is 5.26 Å². The fourth-order valence-corrected chi connectivity index (χ4v) is 1.74. The number of benzene rings is 1. The van der Waals surface area contributed by atoms with Crippen LogP contribution in [0.1, 0.15) is 25.8 Å². The molecule has 2 heteroatoms. The van der Waals surface area contributed by atoms with E-state index < -0.39 is 0 Å². The number of aryl methyl sites for hydroxylation is 1. The Morgan fingerprint density at radius 2 is 1.94 bits per heavy atom. The Bertz CT molecular complexity index is 324. The SMILES string of the molecule is CC(C)N(CC#N)CCCc1ccccc1. The van der Waals surface area contributed by atoms with Crippen molar-refractivity contribution in [3.63, 3.8) is 0 Å². The van der Waals surface area contributed by atoms with E-state index in [2.05, 4.69) is 49.1 Å². The van der Waals surface area contributed by atoms with Gasteiger partial charge in [-0.25, -0.2) is 0 Å². The highest BCUT2D eigenvalue weighted by Gasteiger charge is 2.07. The van der Waals surface area contributed by atoms with Gasteiger partial charge < -0.3 is 0 Å². The summed E-state index contributed by atoms with van der Waals surface area (Å²) in [5.41, 5.74) is 1.38. The second-order valence-corrected chi connectivity index (χ2v) is 4.31. The van der Waals surface area contributed by atoms with Crippen molar-refractivity contribution in [1.29, 1.82) is 5.26 Å². The van der Waals surface area contributed by atoms with Gasteiger partial charge >= 0.3 is 0 Å². The molecule has 0 N–H and O–H groups in total. The van der Waals surface area contributed by atoms with Crippen molar-refractivity contribution in [2.45, 2.75) is 32.7 Å². The lowest BCUT2D eigenvalue weighted by Gasteiger charge is -2.23. The van der Waals surface area contributed by atoms with Gasteiger partial charge in [0.25, 0.3) is 0 Å². The first kappa shape index (κ1) is 12.7. The first-order valence-electron chi connectivity index (χ1n) is 5.89. The largest absolute Gasteiger partial charge is 0.288 e. The van der Waals surface area contributed by atoms with Crippen LogP contribution in [0, 0.1) is 11.3 Å². The molecule has 0 aliphatic rings. The smallest absolute Gasteiger partial charge is 0.0868 e. The summed E-state index contributed by atoms with van der Waals surface area (Å²) in [6, 6.07) is 13.2. The van der Waals surface area contributed by atoms with Gasteiger partial charge in [0, 0.05) is 6.04 Å². The van der Waals surface area contributed by atoms with E-state index in [1.165, 1.54) is 5.56 Å². The van der Waals surface area contributed by atoms with Gasteiger partial charge in [-0.1, -0.05) is 30.3 Å². The lowest BCUT2D eigenvalue weighted by molar-refractivity contribution is 0.246. The summed E-state index contributed by atoms with van der Waals surface area (Å²) in [4.78, 5) is 2.21. The van der Waals surface area contributed by atoms with Crippen LogP contribution in [0.15, 0.2) is 30.3 Å². The minimum atomic E-state index is 0.454. The van der Waals surface area contributed by atoms with Gasteiger partial charge in [-0.3, -0.25) is 4.90 Å². The lowest BCUT2D eigenvalue weighted by Crippen LogP contribution is -2.32. The van der Waals surface area contributed by atoms with Gasteiger partial charge in [-0.15, -0.1) is 0 Å². The zero-order chi connectivity index (χ0) is 11.8. The van der Waals surface area contributed by atoms with E-state index in [0.717, 1.165) is 19.4 Å². The maximum atomic E-state index is 8.71. The maximum absolute atomic E-state index is 8.71. The molecule has 0 fully saturated rings. The third-order valence-electron chi connectivity index (χ3n) is 2.76. The summed E-state index contributed by atoms with van der Waals surface area (Å²) in [7, 11) is 0. The minimum Gasteiger partial charge on any atom is -0.288 e. The minimum absolute atomic E-state index is 0.454. The molecule has 0 aliphatic carbocycles. The highest BCUT2D eigenvalue weighted by atomic mass is 15.1. The highest BCUT2D eigenvalue weighted by molar-refractivity contribution is 5.14. The summed E-state index contributed by atoms with van der Waals surface area (Å²) in [5.74, 6) is 0. The van der Waals surface area contributed by atoms with E-state index in [0.29, 0.717) is 12.6 Å². The summed E-state index contributed by atoms with van der Waals surface area (Å²) >= 11 is 0. The molecule has 0 aromatic heterocycles. The summed E-state index contributed by atoms with van der Waals surface area (Å²) < 4.78 is 0. The second-order valence-electron chi connectivity index (χ2n) is 4.31. The fourth-order valence-electron chi connectivity index (χ4n) is 1.74. The normalized spacial score (nSPS) is 10.7. The van der Waals surface area contributed by atoms with Crippen LogP contribution in [0.4, 0.5) is 0 Å². The summed E-state index contributed by atoms with van der Waals surface area (Å²) in [5, 5.41) is 8.71. The predicted octanol–water partition coefficient (Wildman–Crippen LogP) is 2.85. The highest BCUT2D eigenvalue weighted by Crippen LogP contribution is 2.05. The summed E-state index contributed by atoms with van der Waals surface area (Å²) in [6.45, 7) is 5.81. The Balaban J connectivity index is 2.31. The van der Waals surface area contributed by atoms with Crippen LogP contribution in [0.2, 0.25) is 0 Å². The van der Waals surface area contributed by atoms with Gasteiger partial charge in [0.05, 0.1) is 12.6 Å². The molecule has 0 saturated heterocycles. The van der Waals surface area contributed by atoms with Crippen LogP contribution in [0.5, 0.6) is 0 Å². The molecule has 0 saturated carbocycles. The van der Waals surface area contributed by atoms with Gasteiger partial charge in [-0.05, 0) is 38.8 Å². The molecule has 0 radical (unpaired) electrons. The van der Waals surface area contributed by atoms with E-state index in [1.807, 2.05) is 6.07 Å². The molecular formula is C14H20N2. The molecule has 0 amide bonds. The van der Waals surface area contributed by atoms with Crippen LogP contribution in [0.3, 0.4) is 0 Å². The van der Waals surface area contributed by atoms with Crippen molar-refractivity contribution >= 4 is 0 Å².